The summed E-state index contributed by atoms with van der Waals surface area (Å²) in [5.74, 6) is -0.233. The van der Waals surface area contributed by atoms with Crippen LogP contribution in [-0.2, 0) is 0 Å². The molecule has 2 heterocycles. The minimum atomic E-state index is -1.68. The summed E-state index contributed by atoms with van der Waals surface area (Å²) in [7, 11) is 0. The molecule has 0 aliphatic heterocycles. The number of nitrogens with one attached hydrogen (secondary N) is 2. The average Bonchev–Trinajstić information content (AvgIpc) is 3.78. The van der Waals surface area contributed by atoms with E-state index in [9.17, 15) is 16.7 Å². The number of nitrogens with zero attached hydrogens (tertiary/aromatic N) is 6. The van der Waals surface area contributed by atoms with Crippen LogP contribution in [-0.4, -0.2) is 25.8 Å². The van der Waals surface area contributed by atoms with Gasteiger partial charge in [-0.1, -0.05) is 65.3 Å². The number of rotatable bonds is 11. The lowest BCUT2D eigenvalue weighted by atomic mass is 9.98. The van der Waals surface area contributed by atoms with Crippen molar-refractivity contribution in [3.63, 3.8) is 0 Å². The highest BCUT2D eigenvalue weighted by Gasteiger charge is 2.28. The van der Waals surface area contributed by atoms with E-state index in [1.807, 2.05) is 30.3 Å². The van der Waals surface area contributed by atoms with E-state index >= 15 is 0 Å². The fourth-order valence-corrected chi connectivity index (χ4v) is 5.49. The standard InChI is InChI=1S/C34H29ClN8O/c1-21(44)27-16-24(39-34(26-10-5-6-11-29(26)35)31-20-43(42-41-31)25-13-14-25)17-28-32(23(18-37)19-38-33(27)28)40-30(12-7-15-36)22-8-3-2-4-9-22/h2-6,8-11,16-17,19-20,25,30,34,39H,7,12-14H2,1H3,(H,38,40)/t30-,34+/m1/s1/i34D. The van der Waals surface area contributed by atoms with Gasteiger partial charge in [-0.15, -0.1) is 5.10 Å². The van der Waals surface area contributed by atoms with Gasteiger partial charge in [0.25, 0.3) is 0 Å². The summed E-state index contributed by atoms with van der Waals surface area (Å²) in [4.78, 5) is 17.5. The molecule has 0 saturated heterocycles. The Hall–Kier alpha value is -5.25. The van der Waals surface area contributed by atoms with Crippen molar-refractivity contribution in [2.45, 2.75) is 50.7 Å². The molecule has 1 aliphatic rings. The van der Waals surface area contributed by atoms with E-state index in [-0.39, 0.29) is 23.4 Å². The number of anilines is 2. The van der Waals surface area contributed by atoms with Crippen LogP contribution >= 0.6 is 11.6 Å². The van der Waals surface area contributed by atoms with Crippen molar-refractivity contribution in [2.75, 3.05) is 10.6 Å². The SMILES string of the molecule is [2H][C@@](Nc1cc(C(C)=O)c2ncc(C#N)c(N[C@H](CCC#N)c3ccccc3)c2c1)(c1cn(C2CC2)nn1)c1ccccc1Cl. The van der Waals surface area contributed by atoms with Crippen LogP contribution in [0.15, 0.2) is 79.1 Å². The number of Topliss-reactive ketones (excluding diaryl/α,β-unsaturated/α-hetero) is 1. The highest BCUT2D eigenvalue weighted by Crippen LogP contribution is 2.38. The fourth-order valence-electron chi connectivity index (χ4n) is 5.26. The van der Waals surface area contributed by atoms with E-state index in [2.05, 4.69) is 38.1 Å². The minimum Gasteiger partial charge on any atom is -0.377 e. The van der Waals surface area contributed by atoms with Crippen LogP contribution in [0.1, 0.15) is 84.8 Å². The molecule has 10 heteroatoms. The number of hydrogen-bond donors (Lipinski definition) is 2. The summed E-state index contributed by atoms with van der Waals surface area (Å²) in [6.07, 6.45) is 6.00. The quantitative estimate of drug-likeness (QED) is 0.148. The molecule has 2 aromatic heterocycles. The number of benzene rings is 3. The molecule has 0 unspecified atom stereocenters. The van der Waals surface area contributed by atoms with Gasteiger partial charge in [-0.05, 0) is 55.5 Å². The number of aromatic nitrogens is 4. The maximum absolute atomic E-state index is 13.0. The van der Waals surface area contributed by atoms with Crippen molar-refractivity contribution in [3.05, 3.63) is 112 Å². The van der Waals surface area contributed by atoms with Crippen molar-refractivity contribution in [2.24, 2.45) is 0 Å². The summed E-state index contributed by atoms with van der Waals surface area (Å²) in [6, 6.07) is 22.9. The van der Waals surface area contributed by atoms with Crippen molar-refractivity contribution < 1.29 is 6.17 Å². The van der Waals surface area contributed by atoms with Crippen LogP contribution in [0.5, 0.6) is 0 Å². The van der Waals surface area contributed by atoms with Crippen LogP contribution in [0.25, 0.3) is 10.9 Å². The molecule has 0 spiro atoms. The van der Waals surface area contributed by atoms with Gasteiger partial charge in [0, 0.05) is 34.3 Å². The van der Waals surface area contributed by atoms with E-state index in [0.29, 0.717) is 57.0 Å². The van der Waals surface area contributed by atoms with Crippen molar-refractivity contribution in [1.82, 2.24) is 20.0 Å². The molecule has 0 amide bonds. The third-order valence-electron chi connectivity index (χ3n) is 7.64. The Bertz CT molecular complexity index is 1980. The predicted molar refractivity (Wildman–Crippen MR) is 169 cm³/mol. The molecule has 44 heavy (non-hydrogen) atoms. The number of ketones is 1. The highest BCUT2D eigenvalue weighted by molar-refractivity contribution is 6.31. The lowest BCUT2D eigenvalue weighted by Gasteiger charge is -2.23. The zero-order chi connectivity index (χ0) is 31.6. The molecule has 6 rings (SSSR count). The topological polar surface area (TPSA) is 132 Å². The average molecular weight is 602 g/mol. The normalized spacial score (nSPS) is 15.0. The van der Waals surface area contributed by atoms with Gasteiger partial charge in [-0.3, -0.25) is 9.78 Å². The lowest BCUT2D eigenvalue weighted by molar-refractivity contribution is 0.101. The molecule has 1 saturated carbocycles. The largest absolute Gasteiger partial charge is 0.377 e. The molecule has 1 aliphatic carbocycles. The number of halogens is 1. The monoisotopic (exact) mass is 601 g/mol. The molecule has 0 radical (unpaired) electrons. The first-order valence-corrected chi connectivity index (χ1v) is 14.7. The number of fused-ring (bicyclic) bond motifs is 1. The second-order valence-corrected chi connectivity index (χ2v) is 11.1. The van der Waals surface area contributed by atoms with Crippen LogP contribution in [0.3, 0.4) is 0 Å². The Labute approximate surface area is 261 Å². The Morgan fingerprint density at radius 1 is 1.14 bits per heavy atom. The zero-order valence-electron chi connectivity index (χ0n) is 25.0. The second kappa shape index (κ2) is 12.5. The Morgan fingerprint density at radius 3 is 2.61 bits per heavy atom. The predicted octanol–water partition coefficient (Wildman–Crippen LogP) is 7.55. The number of hydrogen-bond acceptors (Lipinski definition) is 8. The number of nitriles is 2. The molecule has 3 aromatic carbocycles. The van der Waals surface area contributed by atoms with E-state index in [4.69, 9.17) is 11.6 Å². The fraction of sp³-hybridized carbons (Fsp3) is 0.235. The van der Waals surface area contributed by atoms with Gasteiger partial charge in [0.15, 0.2) is 5.78 Å². The molecule has 2 atom stereocenters. The first kappa shape index (κ1) is 27.6. The van der Waals surface area contributed by atoms with Crippen LogP contribution in [0.2, 0.25) is 5.02 Å². The molecule has 2 N–H and O–H groups in total. The van der Waals surface area contributed by atoms with Crippen LogP contribution in [0, 0.1) is 22.7 Å². The summed E-state index contributed by atoms with van der Waals surface area (Å²) < 4.78 is 11.5. The van der Waals surface area contributed by atoms with Crippen LogP contribution in [0.4, 0.5) is 11.4 Å². The van der Waals surface area contributed by atoms with Gasteiger partial charge in [0.2, 0.25) is 0 Å². The van der Waals surface area contributed by atoms with Gasteiger partial charge in [0.05, 0.1) is 48.5 Å². The number of carbonyl (C=O) groups excluding carboxylic acids is 1. The van der Waals surface area contributed by atoms with Crippen molar-refractivity contribution in [3.8, 4) is 12.1 Å². The highest BCUT2D eigenvalue weighted by atomic mass is 35.5. The molecule has 5 aromatic rings. The summed E-state index contributed by atoms with van der Waals surface area (Å²) in [5, 5.41) is 35.8. The first-order chi connectivity index (χ1) is 21.8. The van der Waals surface area contributed by atoms with Gasteiger partial charge >= 0.3 is 0 Å². The smallest absolute Gasteiger partial charge is 0.162 e. The third-order valence-corrected chi connectivity index (χ3v) is 7.97. The summed E-state index contributed by atoms with van der Waals surface area (Å²) in [6.45, 7) is 1.45. The maximum atomic E-state index is 13.0. The first-order valence-electron chi connectivity index (χ1n) is 14.8. The van der Waals surface area contributed by atoms with Gasteiger partial charge in [-0.25, -0.2) is 4.68 Å². The Morgan fingerprint density at radius 2 is 1.91 bits per heavy atom. The Balaban J connectivity index is 1.52. The number of pyridine rings is 1. The zero-order valence-corrected chi connectivity index (χ0v) is 24.7. The molecular formula is C34H29ClN8O. The van der Waals surface area contributed by atoms with Crippen molar-refractivity contribution in [1.29, 1.82) is 10.5 Å². The summed E-state index contributed by atoms with van der Waals surface area (Å²) >= 11 is 6.66. The van der Waals surface area contributed by atoms with E-state index < -0.39 is 6.02 Å². The lowest BCUT2D eigenvalue weighted by Crippen LogP contribution is -2.15. The molecule has 9 nitrogen and oxygen atoms in total. The van der Waals surface area contributed by atoms with Gasteiger partial charge < -0.3 is 10.6 Å². The second-order valence-electron chi connectivity index (χ2n) is 10.7. The van der Waals surface area contributed by atoms with E-state index in [1.165, 1.54) is 13.1 Å². The Kier molecular flexibility index (Phi) is 7.86. The summed E-state index contributed by atoms with van der Waals surface area (Å²) in [5.41, 5.74) is 3.67. The van der Waals surface area contributed by atoms with E-state index in [1.54, 1.807) is 47.3 Å². The van der Waals surface area contributed by atoms with Gasteiger partial charge in [-0.2, -0.15) is 10.5 Å². The maximum Gasteiger partial charge on any atom is 0.162 e. The van der Waals surface area contributed by atoms with Crippen molar-refractivity contribution >= 4 is 39.7 Å². The molecular weight excluding hydrogens is 572 g/mol. The van der Waals surface area contributed by atoms with Gasteiger partial charge in [0.1, 0.15) is 11.8 Å². The van der Waals surface area contributed by atoms with Crippen LogP contribution < -0.4 is 10.6 Å². The number of carbonyl (C=O) groups is 1. The minimum absolute atomic E-state index is 0.233. The third kappa shape index (κ3) is 5.96. The molecule has 0 bridgehead atoms. The molecule has 218 valence electrons. The molecule has 1 fully saturated rings. The van der Waals surface area contributed by atoms with E-state index in [0.717, 1.165) is 18.4 Å².